The minimum atomic E-state index is 0.0234. The highest BCUT2D eigenvalue weighted by Gasteiger charge is 2.29. The molecule has 0 heterocycles. The van der Waals surface area contributed by atoms with Crippen LogP contribution in [0.4, 0.5) is 0 Å². The maximum absolute atomic E-state index is 12.0. The van der Waals surface area contributed by atoms with E-state index in [2.05, 4.69) is 19.2 Å². The molecule has 0 aromatic heterocycles. The first-order chi connectivity index (χ1) is 9.97. The van der Waals surface area contributed by atoms with Gasteiger partial charge >= 0.3 is 0 Å². The Hall–Kier alpha value is -1.26. The fourth-order valence-corrected chi connectivity index (χ4v) is 2.24. The average Bonchev–Trinajstić information content (AvgIpc) is 3.27. The summed E-state index contributed by atoms with van der Waals surface area (Å²) in [4.78, 5) is 13.8. The molecular weight excluding hydrogens is 288 g/mol. The van der Waals surface area contributed by atoms with Crippen molar-refractivity contribution in [1.29, 1.82) is 0 Å². The molecule has 0 bridgehead atoms. The van der Waals surface area contributed by atoms with Crippen molar-refractivity contribution >= 4 is 17.5 Å². The Morgan fingerprint density at radius 2 is 2.19 bits per heavy atom. The van der Waals surface area contributed by atoms with Crippen LogP contribution in [0, 0.1) is 0 Å². The molecule has 1 aliphatic rings. The molecule has 1 aliphatic carbocycles. The zero-order chi connectivity index (χ0) is 15.4. The van der Waals surface area contributed by atoms with Gasteiger partial charge in [0.05, 0.1) is 0 Å². The van der Waals surface area contributed by atoms with Gasteiger partial charge in [-0.1, -0.05) is 25.4 Å². The SMILES string of the molecule is CC(C)NCc1cc(Cl)ccc1OCC(=O)N(C)C1CC1. The van der Waals surface area contributed by atoms with Gasteiger partial charge in [0.15, 0.2) is 6.61 Å². The highest BCUT2D eigenvalue weighted by molar-refractivity contribution is 6.30. The third-order valence-corrected chi connectivity index (χ3v) is 3.80. The molecule has 0 spiro atoms. The molecule has 21 heavy (non-hydrogen) atoms. The summed E-state index contributed by atoms with van der Waals surface area (Å²) in [5, 5.41) is 4.00. The topological polar surface area (TPSA) is 41.6 Å². The van der Waals surface area contributed by atoms with Gasteiger partial charge < -0.3 is 15.0 Å². The number of benzene rings is 1. The molecule has 0 radical (unpaired) electrons. The Balaban J connectivity index is 1.96. The number of halogens is 1. The maximum atomic E-state index is 12.0. The molecular formula is C16H23ClN2O2. The van der Waals surface area contributed by atoms with Crippen molar-refractivity contribution in [2.24, 2.45) is 0 Å². The molecule has 1 aromatic rings. The lowest BCUT2D eigenvalue weighted by Crippen LogP contribution is -2.33. The molecule has 4 nitrogen and oxygen atoms in total. The van der Waals surface area contributed by atoms with Crippen LogP contribution >= 0.6 is 11.6 Å². The molecule has 0 atom stereocenters. The van der Waals surface area contributed by atoms with Crippen LogP contribution in [0.5, 0.6) is 5.75 Å². The largest absolute Gasteiger partial charge is 0.483 e. The second-order valence-electron chi connectivity index (χ2n) is 5.81. The van der Waals surface area contributed by atoms with E-state index in [1.165, 1.54) is 0 Å². The number of carbonyl (C=O) groups excluding carboxylic acids is 1. The van der Waals surface area contributed by atoms with Crippen molar-refractivity contribution in [3.63, 3.8) is 0 Å². The Morgan fingerprint density at radius 3 is 2.81 bits per heavy atom. The summed E-state index contributed by atoms with van der Waals surface area (Å²) in [6, 6.07) is 6.27. The molecule has 0 unspecified atom stereocenters. The number of likely N-dealkylation sites (N-methyl/N-ethyl adjacent to an activating group) is 1. The lowest BCUT2D eigenvalue weighted by Gasteiger charge is -2.18. The lowest BCUT2D eigenvalue weighted by atomic mass is 10.2. The summed E-state index contributed by atoms with van der Waals surface area (Å²) in [5.41, 5.74) is 0.970. The van der Waals surface area contributed by atoms with Gasteiger partial charge in [-0.2, -0.15) is 0 Å². The third kappa shape index (κ3) is 4.90. The van der Waals surface area contributed by atoms with E-state index in [0.717, 1.165) is 18.4 Å². The fraction of sp³-hybridized carbons (Fsp3) is 0.562. The van der Waals surface area contributed by atoms with E-state index in [9.17, 15) is 4.79 Å². The first kappa shape index (κ1) is 16.1. The summed E-state index contributed by atoms with van der Waals surface area (Å²) < 4.78 is 5.70. The van der Waals surface area contributed by atoms with Crippen LogP contribution in [0.25, 0.3) is 0 Å². The average molecular weight is 311 g/mol. The molecule has 116 valence electrons. The number of nitrogens with zero attached hydrogens (tertiary/aromatic N) is 1. The molecule has 1 aromatic carbocycles. The van der Waals surface area contributed by atoms with Crippen molar-refractivity contribution in [2.75, 3.05) is 13.7 Å². The quantitative estimate of drug-likeness (QED) is 0.842. The zero-order valence-corrected chi connectivity index (χ0v) is 13.6. The molecule has 1 fully saturated rings. The number of ether oxygens (including phenoxy) is 1. The Morgan fingerprint density at radius 1 is 1.48 bits per heavy atom. The van der Waals surface area contributed by atoms with Crippen LogP contribution in [0.15, 0.2) is 18.2 Å². The van der Waals surface area contributed by atoms with Gasteiger partial charge in [0.1, 0.15) is 5.75 Å². The van der Waals surface area contributed by atoms with Crippen LogP contribution < -0.4 is 10.1 Å². The number of amides is 1. The summed E-state index contributed by atoms with van der Waals surface area (Å²) >= 11 is 6.04. The van der Waals surface area contributed by atoms with E-state index in [4.69, 9.17) is 16.3 Å². The Kier molecular flexibility index (Phi) is 5.48. The van der Waals surface area contributed by atoms with E-state index in [0.29, 0.717) is 29.4 Å². The van der Waals surface area contributed by atoms with Gasteiger partial charge in [0, 0.05) is 36.3 Å². The normalized spacial score (nSPS) is 14.3. The summed E-state index contributed by atoms with van der Waals surface area (Å²) in [6.07, 6.45) is 2.21. The van der Waals surface area contributed by atoms with Crippen molar-refractivity contribution in [2.45, 2.75) is 45.3 Å². The van der Waals surface area contributed by atoms with Gasteiger partial charge in [0.2, 0.25) is 0 Å². The summed E-state index contributed by atoms with van der Waals surface area (Å²) in [6.45, 7) is 4.90. The van der Waals surface area contributed by atoms with E-state index in [1.807, 2.05) is 19.2 Å². The molecule has 0 aliphatic heterocycles. The molecule has 0 saturated heterocycles. The fourth-order valence-electron chi connectivity index (χ4n) is 2.05. The highest BCUT2D eigenvalue weighted by Crippen LogP contribution is 2.26. The van der Waals surface area contributed by atoms with Gasteiger partial charge in [-0.25, -0.2) is 0 Å². The molecule has 1 saturated carbocycles. The van der Waals surface area contributed by atoms with Crippen molar-refractivity contribution in [3.8, 4) is 5.75 Å². The Labute approximate surface area is 131 Å². The molecule has 1 amide bonds. The third-order valence-electron chi connectivity index (χ3n) is 3.56. The number of rotatable bonds is 7. The second-order valence-corrected chi connectivity index (χ2v) is 6.25. The molecule has 2 rings (SSSR count). The van der Waals surface area contributed by atoms with E-state index in [-0.39, 0.29) is 12.5 Å². The predicted octanol–water partition coefficient (Wildman–Crippen LogP) is 2.84. The van der Waals surface area contributed by atoms with Crippen LogP contribution in [-0.4, -0.2) is 36.5 Å². The highest BCUT2D eigenvalue weighted by atomic mass is 35.5. The van der Waals surface area contributed by atoms with Gasteiger partial charge in [0.25, 0.3) is 5.91 Å². The van der Waals surface area contributed by atoms with Crippen molar-refractivity contribution < 1.29 is 9.53 Å². The van der Waals surface area contributed by atoms with E-state index < -0.39 is 0 Å². The lowest BCUT2D eigenvalue weighted by molar-refractivity contribution is -0.132. The zero-order valence-electron chi connectivity index (χ0n) is 12.9. The van der Waals surface area contributed by atoms with Crippen LogP contribution in [-0.2, 0) is 11.3 Å². The monoisotopic (exact) mass is 310 g/mol. The number of nitrogens with one attached hydrogen (secondary N) is 1. The Bertz CT molecular complexity index is 501. The van der Waals surface area contributed by atoms with Crippen LogP contribution in [0.3, 0.4) is 0 Å². The first-order valence-corrected chi connectivity index (χ1v) is 7.75. The van der Waals surface area contributed by atoms with Gasteiger partial charge in [-0.3, -0.25) is 4.79 Å². The smallest absolute Gasteiger partial charge is 0.260 e. The van der Waals surface area contributed by atoms with Crippen LogP contribution in [0.2, 0.25) is 5.02 Å². The first-order valence-electron chi connectivity index (χ1n) is 7.37. The minimum Gasteiger partial charge on any atom is -0.483 e. The number of hydrogen-bond acceptors (Lipinski definition) is 3. The molecule has 1 N–H and O–H groups in total. The predicted molar refractivity (Wildman–Crippen MR) is 84.7 cm³/mol. The standard InChI is InChI=1S/C16H23ClN2O2/c1-11(2)18-9-12-8-13(17)4-7-15(12)21-10-16(20)19(3)14-5-6-14/h4,7-8,11,14,18H,5-6,9-10H2,1-3H3. The van der Waals surface area contributed by atoms with E-state index >= 15 is 0 Å². The number of carbonyl (C=O) groups is 1. The summed E-state index contributed by atoms with van der Waals surface area (Å²) in [7, 11) is 1.84. The van der Waals surface area contributed by atoms with Gasteiger partial charge in [-0.15, -0.1) is 0 Å². The number of hydrogen-bond donors (Lipinski definition) is 1. The van der Waals surface area contributed by atoms with Crippen molar-refractivity contribution in [1.82, 2.24) is 10.2 Å². The van der Waals surface area contributed by atoms with Crippen LogP contribution in [0.1, 0.15) is 32.3 Å². The second kappa shape index (κ2) is 7.14. The summed E-state index contributed by atoms with van der Waals surface area (Å²) in [5.74, 6) is 0.736. The minimum absolute atomic E-state index is 0.0234. The molecule has 5 heteroatoms. The van der Waals surface area contributed by atoms with E-state index in [1.54, 1.807) is 11.0 Å². The van der Waals surface area contributed by atoms with Crippen molar-refractivity contribution in [3.05, 3.63) is 28.8 Å². The van der Waals surface area contributed by atoms with Gasteiger partial charge in [-0.05, 0) is 31.0 Å². The maximum Gasteiger partial charge on any atom is 0.260 e.